The highest BCUT2D eigenvalue weighted by molar-refractivity contribution is 6.99. The fraction of sp³-hybridized carbons (Fsp3) is 0.559. The van der Waals surface area contributed by atoms with Gasteiger partial charge in [-0.1, -0.05) is 93.6 Å². The van der Waals surface area contributed by atoms with Gasteiger partial charge in [-0.05, 0) is 63.4 Å². The minimum atomic E-state index is -2.67. The number of hydrogen-bond donors (Lipinski definition) is 1. The van der Waals surface area contributed by atoms with Crippen LogP contribution < -0.4 is 10.4 Å². The molecule has 2 unspecified atom stereocenters. The SMILES string of the molecule is CC(C/C=C\C(O)[C@H]1OC(C)(C)O[C@H]1CCOC(=O)C(C)(C)C)O[Si](c1ccccc1)(c1ccccc1)C(C)(C)C. The summed E-state index contributed by atoms with van der Waals surface area (Å²) in [6.07, 6.45) is 2.88. The standard InChI is InChI=1S/C34H50O6Si/c1-25(40-41(33(5,6)7,26-18-12-10-13-19-26)27-20-14-11-15-21-27)17-16-22-28(35)30-29(38-34(8,9)39-30)23-24-37-31(36)32(2,3)4/h10-16,18-22,25,28-30,35H,17,23-24H2,1-9H3/b22-16-/t25?,28?,29-,30+/m0/s1. The van der Waals surface area contributed by atoms with E-state index in [2.05, 4.69) is 76.2 Å². The Morgan fingerprint density at radius 3 is 2.00 bits per heavy atom. The molecule has 1 saturated heterocycles. The first-order chi connectivity index (χ1) is 19.1. The molecule has 226 valence electrons. The van der Waals surface area contributed by atoms with Gasteiger partial charge in [-0.15, -0.1) is 0 Å². The van der Waals surface area contributed by atoms with Gasteiger partial charge in [0.1, 0.15) is 12.2 Å². The summed E-state index contributed by atoms with van der Waals surface area (Å²) >= 11 is 0. The Balaban J connectivity index is 1.72. The van der Waals surface area contributed by atoms with Crippen LogP contribution in [0.4, 0.5) is 0 Å². The summed E-state index contributed by atoms with van der Waals surface area (Å²) in [4.78, 5) is 12.2. The van der Waals surface area contributed by atoms with E-state index in [-0.39, 0.29) is 23.7 Å². The number of aliphatic hydroxyl groups excluding tert-OH is 1. The second kappa shape index (κ2) is 13.3. The van der Waals surface area contributed by atoms with Crippen LogP contribution in [0.3, 0.4) is 0 Å². The minimum Gasteiger partial charge on any atom is -0.465 e. The molecule has 0 saturated carbocycles. The molecule has 41 heavy (non-hydrogen) atoms. The third-order valence-corrected chi connectivity index (χ3v) is 12.6. The molecule has 1 heterocycles. The first-order valence-corrected chi connectivity index (χ1v) is 16.6. The summed E-state index contributed by atoms with van der Waals surface area (Å²) in [5.41, 5.74) is -0.568. The van der Waals surface area contributed by atoms with Crippen molar-refractivity contribution in [3.05, 3.63) is 72.8 Å². The van der Waals surface area contributed by atoms with Crippen molar-refractivity contribution < 1.29 is 28.5 Å². The predicted octanol–water partition coefficient (Wildman–Crippen LogP) is 5.76. The first kappa shape index (κ1) is 33.2. The molecule has 0 bridgehead atoms. The average molecular weight is 583 g/mol. The second-order valence-corrected chi connectivity index (χ2v) is 17.8. The molecule has 0 spiro atoms. The normalized spacial score (nSPS) is 21.1. The van der Waals surface area contributed by atoms with Crippen LogP contribution in [0.5, 0.6) is 0 Å². The van der Waals surface area contributed by atoms with Gasteiger partial charge in [0.2, 0.25) is 0 Å². The van der Waals surface area contributed by atoms with E-state index in [0.29, 0.717) is 12.8 Å². The van der Waals surface area contributed by atoms with Crippen molar-refractivity contribution in [1.29, 1.82) is 0 Å². The van der Waals surface area contributed by atoms with Crippen LogP contribution in [-0.4, -0.2) is 56.2 Å². The zero-order chi connectivity index (χ0) is 30.5. The molecule has 0 aliphatic carbocycles. The third kappa shape index (κ3) is 8.39. The van der Waals surface area contributed by atoms with Gasteiger partial charge in [0, 0.05) is 12.5 Å². The van der Waals surface area contributed by atoms with Gasteiger partial charge in [0.15, 0.2) is 5.79 Å². The summed E-state index contributed by atoms with van der Waals surface area (Å²) in [6.45, 7) is 18.2. The topological polar surface area (TPSA) is 74.2 Å². The highest BCUT2D eigenvalue weighted by Gasteiger charge is 2.51. The number of rotatable bonds is 11. The Morgan fingerprint density at radius 2 is 1.51 bits per heavy atom. The van der Waals surface area contributed by atoms with Crippen molar-refractivity contribution in [2.24, 2.45) is 5.41 Å². The smallest absolute Gasteiger partial charge is 0.311 e. The lowest BCUT2D eigenvalue weighted by Crippen LogP contribution is -2.67. The second-order valence-electron chi connectivity index (χ2n) is 13.6. The van der Waals surface area contributed by atoms with E-state index in [4.69, 9.17) is 18.6 Å². The molecule has 1 N–H and O–H groups in total. The lowest BCUT2D eigenvalue weighted by atomic mass is 9.97. The Bertz CT molecular complexity index is 1090. The fourth-order valence-electron chi connectivity index (χ4n) is 5.42. The Morgan fingerprint density at radius 1 is 0.976 bits per heavy atom. The molecule has 0 aromatic heterocycles. The molecule has 2 aromatic carbocycles. The van der Waals surface area contributed by atoms with E-state index in [1.807, 2.05) is 52.8 Å². The van der Waals surface area contributed by atoms with Gasteiger partial charge in [-0.3, -0.25) is 4.79 Å². The maximum absolute atomic E-state index is 12.2. The molecule has 0 radical (unpaired) electrons. The maximum Gasteiger partial charge on any atom is 0.311 e. The highest BCUT2D eigenvalue weighted by Crippen LogP contribution is 2.38. The van der Waals surface area contributed by atoms with Crippen molar-refractivity contribution in [2.75, 3.05) is 6.61 Å². The third-order valence-electron chi connectivity index (χ3n) is 7.40. The van der Waals surface area contributed by atoms with E-state index in [1.165, 1.54) is 10.4 Å². The van der Waals surface area contributed by atoms with Crippen LogP contribution in [0, 0.1) is 5.41 Å². The summed E-state index contributed by atoms with van der Waals surface area (Å²) in [5, 5.41) is 13.5. The zero-order valence-corrected chi connectivity index (χ0v) is 27.3. The van der Waals surface area contributed by atoms with Gasteiger partial charge < -0.3 is 23.7 Å². The highest BCUT2D eigenvalue weighted by atomic mass is 28.4. The number of carbonyl (C=O) groups is 1. The molecule has 2 aromatic rings. The molecule has 1 aliphatic heterocycles. The van der Waals surface area contributed by atoms with Gasteiger partial charge in [0.05, 0.1) is 18.1 Å². The van der Waals surface area contributed by atoms with Crippen LogP contribution in [0.25, 0.3) is 0 Å². The van der Waals surface area contributed by atoms with Crippen molar-refractivity contribution in [3.63, 3.8) is 0 Å². The van der Waals surface area contributed by atoms with Crippen molar-refractivity contribution in [2.45, 2.75) is 110 Å². The molecule has 0 amide bonds. The monoisotopic (exact) mass is 582 g/mol. The van der Waals surface area contributed by atoms with Crippen molar-refractivity contribution >= 4 is 24.7 Å². The van der Waals surface area contributed by atoms with Crippen LogP contribution in [0.2, 0.25) is 5.04 Å². The fourth-order valence-corrected chi connectivity index (χ4v) is 10.1. The zero-order valence-electron chi connectivity index (χ0n) is 26.3. The molecule has 1 aliphatic rings. The lowest BCUT2D eigenvalue weighted by molar-refractivity contribution is -0.157. The summed E-state index contributed by atoms with van der Waals surface area (Å²) < 4.78 is 24.7. The largest absolute Gasteiger partial charge is 0.465 e. The summed E-state index contributed by atoms with van der Waals surface area (Å²) in [6, 6.07) is 21.2. The molecule has 1 fully saturated rings. The van der Waals surface area contributed by atoms with Gasteiger partial charge in [-0.25, -0.2) is 0 Å². The van der Waals surface area contributed by atoms with E-state index in [9.17, 15) is 9.90 Å². The maximum atomic E-state index is 12.2. The number of hydrogen-bond acceptors (Lipinski definition) is 6. The minimum absolute atomic E-state index is 0.0884. The molecular formula is C34H50O6Si. The molecule has 4 atom stereocenters. The molecule has 7 heteroatoms. The van der Waals surface area contributed by atoms with E-state index >= 15 is 0 Å². The molecular weight excluding hydrogens is 532 g/mol. The Labute approximate surface area is 248 Å². The number of carbonyl (C=O) groups excluding carboxylic acids is 1. The van der Waals surface area contributed by atoms with Crippen LogP contribution in [0.15, 0.2) is 72.8 Å². The Kier molecular flexibility index (Phi) is 10.8. The molecule has 3 rings (SSSR count). The van der Waals surface area contributed by atoms with Crippen LogP contribution in [0.1, 0.15) is 75.2 Å². The molecule has 6 nitrogen and oxygen atoms in total. The van der Waals surface area contributed by atoms with E-state index in [0.717, 1.165) is 0 Å². The first-order valence-electron chi connectivity index (χ1n) is 14.7. The van der Waals surface area contributed by atoms with E-state index < -0.39 is 37.8 Å². The summed E-state index contributed by atoms with van der Waals surface area (Å²) in [5.74, 6) is -1.10. The number of aliphatic hydroxyl groups is 1. The number of benzene rings is 2. The van der Waals surface area contributed by atoms with Gasteiger partial charge >= 0.3 is 5.97 Å². The Hall–Kier alpha value is -2.29. The van der Waals surface area contributed by atoms with Crippen molar-refractivity contribution in [3.8, 4) is 0 Å². The number of esters is 1. The number of ether oxygens (including phenoxy) is 3. The average Bonchev–Trinajstić information content (AvgIpc) is 3.21. The predicted molar refractivity (Wildman–Crippen MR) is 167 cm³/mol. The van der Waals surface area contributed by atoms with Crippen LogP contribution in [-0.2, 0) is 23.4 Å². The van der Waals surface area contributed by atoms with Crippen molar-refractivity contribution in [1.82, 2.24) is 0 Å². The van der Waals surface area contributed by atoms with Gasteiger partial charge in [-0.2, -0.15) is 0 Å². The quantitative estimate of drug-likeness (QED) is 0.206. The van der Waals surface area contributed by atoms with Crippen LogP contribution >= 0.6 is 0 Å². The lowest BCUT2D eigenvalue weighted by Gasteiger charge is -2.44. The van der Waals surface area contributed by atoms with E-state index in [1.54, 1.807) is 6.08 Å². The van der Waals surface area contributed by atoms with Gasteiger partial charge in [0.25, 0.3) is 8.32 Å². The summed E-state index contributed by atoms with van der Waals surface area (Å²) in [7, 11) is -2.67.